The Morgan fingerprint density at radius 1 is 0.295 bits per heavy atom. The van der Waals surface area contributed by atoms with Crippen LogP contribution in [0.25, 0.3) is 102 Å². The average Bonchev–Trinajstić information content (AvgIpc) is 3.36. The fraction of sp³-hybridized carbons (Fsp3) is 0. The van der Waals surface area contributed by atoms with E-state index in [0.717, 1.165) is 94.6 Å². The first-order valence-electron chi connectivity index (χ1n) is 20.5. The third-order valence-corrected chi connectivity index (χ3v) is 11.3. The fourth-order valence-electron chi connectivity index (χ4n) is 8.30. The Morgan fingerprint density at radius 3 is 1.52 bits per heavy atom. The smallest absolute Gasteiger partial charge is 0.164 e. The van der Waals surface area contributed by atoms with Crippen LogP contribution in [0.4, 0.5) is 0 Å². The molecular weight excluding hydrogens is 743 g/mol. The highest BCUT2D eigenvalue weighted by atomic mass is 16.5. The van der Waals surface area contributed by atoms with Gasteiger partial charge in [-0.25, -0.2) is 15.0 Å². The van der Waals surface area contributed by atoms with Gasteiger partial charge in [-0.15, -0.1) is 0 Å². The molecular formula is C57H37N3O. The Hall–Kier alpha value is -8.21. The topological polar surface area (TPSA) is 47.9 Å². The molecule has 0 bridgehead atoms. The Balaban J connectivity index is 1.14. The van der Waals surface area contributed by atoms with Crippen molar-refractivity contribution in [1.29, 1.82) is 0 Å². The first-order chi connectivity index (χ1) is 30.2. The second kappa shape index (κ2) is 15.5. The number of benzene rings is 9. The summed E-state index contributed by atoms with van der Waals surface area (Å²) in [6, 6.07) is 73.8. The zero-order valence-electron chi connectivity index (χ0n) is 33.1. The maximum absolute atomic E-state index is 7.13. The van der Waals surface area contributed by atoms with E-state index in [1.165, 1.54) is 0 Å². The molecule has 4 heteroatoms. The van der Waals surface area contributed by atoms with Gasteiger partial charge in [0.1, 0.15) is 11.5 Å². The molecule has 1 aliphatic rings. The van der Waals surface area contributed by atoms with E-state index < -0.39 is 0 Å². The van der Waals surface area contributed by atoms with E-state index in [0.29, 0.717) is 17.5 Å². The van der Waals surface area contributed by atoms with Gasteiger partial charge in [0.15, 0.2) is 17.5 Å². The first-order valence-corrected chi connectivity index (χ1v) is 20.5. The second-order valence-corrected chi connectivity index (χ2v) is 15.2. The summed E-state index contributed by atoms with van der Waals surface area (Å²) in [5, 5.41) is 2.13. The van der Waals surface area contributed by atoms with Gasteiger partial charge in [0.05, 0.1) is 0 Å². The summed E-state index contributed by atoms with van der Waals surface area (Å²) in [6.07, 6.45) is 4.41. The van der Waals surface area contributed by atoms with E-state index in [1.54, 1.807) is 0 Å². The molecule has 0 fully saturated rings. The van der Waals surface area contributed by atoms with Crippen LogP contribution in [-0.2, 0) is 0 Å². The monoisotopic (exact) mass is 779 g/mol. The number of aromatic nitrogens is 3. The molecule has 0 N–H and O–H groups in total. The predicted octanol–water partition coefficient (Wildman–Crippen LogP) is 15.0. The van der Waals surface area contributed by atoms with Crippen LogP contribution in [0.2, 0.25) is 0 Å². The molecule has 2 heterocycles. The number of para-hydroxylation sites is 1. The van der Waals surface area contributed by atoms with Crippen LogP contribution in [0.3, 0.4) is 0 Å². The van der Waals surface area contributed by atoms with Crippen LogP contribution < -0.4 is 4.74 Å². The molecule has 1 aliphatic heterocycles. The minimum absolute atomic E-state index is 0.579. The molecule has 0 unspecified atom stereocenters. The quantitative estimate of drug-likeness (QED) is 0.175. The average molecular weight is 780 g/mol. The van der Waals surface area contributed by atoms with Crippen LogP contribution >= 0.6 is 0 Å². The molecule has 0 saturated heterocycles. The Morgan fingerprint density at radius 2 is 0.820 bits per heavy atom. The summed E-state index contributed by atoms with van der Waals surface area (Å²) in [5.41, 5.74) is 13.4. The van der Waals surface area contributed by atoms with Gasteiger partial charge in [-0.3, -0.25) is 0 Å². The van der Waals surface area contributed by atoms with Gasteiger partial charge in [-0.05, 0) is 86.3 Å². The lowest BCUT2D eigenvalue weighted by atomic mass is 9.93. The molecule has 0 spiro atoms. The van der Waals surface area contributed by atoms with Crippen molar-refractivity contribution < 1.29 is 4.74 Å². The second-order valence-electron chi connectivity index (χ2n) is 15.2. The molecule has 0 radical (unpaired) electrons. The van der Waals surface area contributed by atoms with E-state index >= 15 is 0 Å². The lowest BCUT2D eigenvalue weighted by Gasteiger charge is -2.18. The molecule has 11 rings (SSSR count). The van der Waals surface area contributed by atoms with Crippen LogP contribution in [0.5, 0.6) is 11.5 Å². The van der Waals surface area contributed by atoms with Gasteiger partial charge in [-0.1, -0.05) is 188 Å². The number of hydrogen-bond donors (Lipinski definition) is 0. The Kier molecular flexibility index (Phi) is 9.14. The zero-order valence-corrected chi connectivity index (χ0v) is 33.1. The van der Waals surface area contributed by atoms with E-state index in [9.17, 15) is 0 Å². The minimum atomic E-state index is 0.579. The van der Waals surface area contributed by atoms with Crippen molar-refractivity contribution in [2.75, 3.05) is 0 Å². The summed E-state index contributed by atoms with van der Waals surface area (Å²) < 4.78 is 7.13. The third kappa shape index (κ3) is 6.96. The Labute approximate surface area is 354 Å². The van der Waals surface area contributed by atoms with Gasteiger partial charge in [0, 0.05) is 33.2 Å². The van der Waals surface area contributed by atoms with Crippen molar-refractivity contribution in [3.05, 3.63) is 223 Å². The van der Waals surface area contributed by atoms with Gasteiger partial charge >= 0.3 is 0 Å². The lowest BCUT2D eigenvalue weighted by molar-refractivity contribution is 0.492. The fourth-order valence-corrected chi connectivity index (χ4v) is 8.30. The summed E-state index contributed by atoms with van der Waals surface area (Å²) in [6.45, 7) is 0. The van der Waals surface area contributed by atoms with Crippen LogP contribution in [0, 0.1) is 0 Å². The van der Waals surface area contributed by atoms with Crippen LogP contribution in [-0.4, -0.2) is 15.0 Å². The normalized spacial score (nSPS) is 11.7. The van der Waals surface area contributed by atoms with Gasteiger partial charge in [-0.2, -0.15) is 0 Å². The SMILES string of the molecule is C1=Cc2ccc(-c3nc(-c4ccccc4)nc(-c4cc(-c5ccccc5)cc(-c5ccccc5)c4)n3)cc2-c2ccc3ccccc3c2Oc2ccccc2-c2ccccc21. The minimum Gasteiger partial charge on any atom is -0.455 e. The maximum atomic E-state index is 7.13. The van der Waals surface area contributed by atoms with Gasteiger partial charge < -0.3 is 4.74 Å². The van der Waals surface area contributed by atoms with Gasteiger partial charge in [0.25, 0.3) is 0 Å². The molecule has 0 atom stereocenters. The largest absolute Gasteiger partial charge is 0.455 e. The molecule has 10 aromatic rings. The Bertz CT molecular complexity index is 3210. The third-order valence-electron chi connectivity index (χ3n) is 11.3. The summed E-state index contributed by atoms with van der Waals surface area (Å²) in [4.78, 5) is 15.7. The molecule has 0 saturated carbocycles. The van der Waals surface area contributed by atoms with Crippen molar-refractivity contribution >= 4 is 22.9 Å². The van der Waals surface area contributed by atoms with Crippen molar-refractivity contribution in [3.63, 3.8) is 0 Å². The molecule has 4 nitrogen and oxygen atoms in total. The molecule has 9 aromatic carbocycles. The number of hydrogen-bond acceptors (Lipinski definition) is 4. The van der Waals surface area contributed by atoms with Gasteiger partial charge in [0.2, 0.25) is 0 Å². The van der Waals surface area contributed by atoms with Crippen molar-refractivity contribution in [1.82, 2.24) is 15.0 Å². The highest BCUT2D eigenvalue weighted by Crippen LogP contribution is 2.46. The van der Waals surface area contributed by atoms with E-state index in [-0.39, 0.29) is 0 Å². The lowest BCUT2D eigenvalue weighted by Crippen LogP contribution is -2.01. The van der Waals surface area contributed by atoms with E-state index in [2.05, 4.69) is 176 Å². The van der Waals surface area contributed by atoms with Crippen LogP contribution in [0.15, 0.2) is 212 Å². The molecule has 61 heavy (non-hydrogen) atoms. The van der Waals surface area contributed by atoms with Crippen molar-refractivity contribution in [2.24, 2.45) is 0 Å². The first kappa shape index (κ1) is 35.9. The highest BCUT2D eigenvalue weighted by Gasteiger charge is 2.21. The van der Waals surface area contributed by atoms with Crippen molar-refractivity contribution in [2.45, 2.75) is 0 Å². The summed E-state index contributed by atoms with van der Waals surface area (Å²) >= 11 is 0. The molecule has 0 amide bonds. The predicted molar refractivity (Wildman–Crippen MR) is 251 cm³/mol. The standard InChI is InChI=1S/C57H37N3O/c1-4-16-38(17-5-1)45-34-46(39-18-6-2-7-19-39)36-47(35-45)57-59-55(43-22-8-3-9-23-43)58-56(60-57)44-31-30-42-29-28-40-20-10-12-24-48(40)50-26-14-15-27-53(50)61-54-49-25-13-11-21-41(49)32-33-51(54)52(42)37-44/h1-37H. The summed E-state index contributed by atoms with van der Waals surface area (Å²) in [7, 11) is 0. The highest BCUT2D eigenvalue weighted by molar-refractivity contribution is 5.99. The number of ether oxygens (including phenoxy) is 1. The molecule has 286 valence electrons. The summed E-state index contributed by atoms with van der Waals surface area (Å²) in [5.74, 6) is 3.37. The van der Waals surface area contributed by atoms with Crippen LogP contribution in [0.1, 0.15) is 11.1 Å². The number of nitrogens with zero attached hydrogens (tertiary/aromatic N) is 3. The maximum Gasteiger partial charge on any atom is 0.164 e. The number of rotatable bonds is 5. The van der Waals surface area contributed by atoms with E-state index in [4.69, 9.17) is 19.7 Å². The van der Waals surface area contributed by atoms with Crippen molar-refractivity contribution in [3.8, 4) is 90.2 Å². The zero-order chi connectivity index (χ0) is 40.5. The molecule has 0 aliphatic carbocycles. The number of fused-ring (bicyclic) bond motifs is 8. The molecule has 1 aromatic heterocycles. The van der Waals surface area contributed by atoms with E-state index in [1.807, 2.05) is 48.5 Å².